The Kier molecular flexibility index (Phi) is 7.22. The van der Waals surface area contributed by atoms with E-state index in [9.17, 15) is 9.90 Å². The van der Waals surface area contributed by atoms with Crippen LogP contribution < -0.4 is 5.11 Å². The van der Waals surface area contributed by atoms with Gasteiger partial charge in [0.1, 0.15) is 19.4 Å². The van der Waals surface area contributed by atoms with Gasteiger partial charge in [0, 0.05) is 61.4 Å². The minimum atomic E-state index is -0.199. The fourth-order valence-corrected chi connectivity index (χ4v) is 6.86. The number of fused-ring (bicyclic) bond motifs is 3. The summed E-state index contributed by atoms with van der Waals surface area (Å²) in [6.07, 6.45) is 3.68. The molecule has 0 saturated carbocycles. The summed E-state index contributed by atoms with van der Waals surface area (Å²) in [4.78, 5) is 19.2. The minimum absolute atomic E-state index is 0.108. The Labute approximate surface area is 204 Å². The second-order valence-corrected chi connectivity index (χ2v) is 11.0. The number of aliphatic imine (C=N–C) groups is 1. The van der Waals surface area contributed by atoms with Gasteiger partial charge in [-0.1, -0.05) is 35.5 Å². The monoisotopic (exact) mass is 484 g/mol. The van der Waals surface area contributed by atoms with Gasteiger partial charge in [-0.25, -0.2) is 4.99 Å². The van der Waals surface area contributed by atoms with Gasteiger partial charge in [-0.15, -0.1) is 0 Å². The Hall–Kier alpha value is -2.36. The third-order valence-corrected chi connectivity index (χ3v) is 8.65. The van der Waals surface area contributed by atoms with Crippen LogP contribution in [0.2, 0.25) is 0 Å². The highest BCUT2D eigenvalue weighted by Gasteiger charge is 2.47. The quantitative estimate of drug-likeness (QED) is 0.246. The van der Waals surface area contributed by atoms with Crippen LogP contribution in [0.4, 0.5) is 5.82 Å². The van der Waals surface area contributed by atoms with Crippen molar-refractivity contribution in [2.45, 2.75) is 30.6 Å². The zero-order valence-corrected chi connectivity index (χ0v) is 20.2. The molecule has 0 amide bonds. The maximum absolute atomic E-state index is 12.8. The Morgan fingerprint density at radius 2 is 2.09 bits per heavy atom. The molecule has 4 aliphatic heterocycles. The molecule has 1 unspecified atom stereocenters. The van der Waals surface area contributed by atoms with Crippen LogP contribution in [0, 0.1) is 5.92 Å². The number of hydrogen-bond acceptors (Lipinski definition) is 8. The van der Waals surface area contributed by atoms with Crippen LogP contribution in [0.15, 0.2) is 52.2 Å². The molecular formula is C25H32N4O4S. The fourth-order valence-electron chi connectivity index (χ4n) is 5.54. The van der Waals surface area contributed by atoms with Crippen molar-refractivity contribution in [1.82, 2.24) is 10.1 Å². The number of nitrogens with zero attached hydrogens (tertiary/aromatic N) is 4. The summed E-state index contributed by atoms with van der Waals surface area (Å²) in [6, 6.07) is 12.2. The number of carbonyl (C=O) groups is 1. The number of ether oxygens (including phenoxy) is 1. The first-order valence-corrected chi connectivity index (χ1v) is 13.2. The van der Waals surface area contributed by atoms with Gasteiger partial charge in [0.2, 0.25) is 0 Å². The van der Waals surface area contributed by atoms with E-state index in [0.29, 0.717) is 41.0 Å². The number of piperidine rings is 3. The topological polar surface area (TPSA) is 91.0 Å². The molecule has 0 aliphatic carbocycles. The minimum Gasteiger partial charge on any atom is -0.858 e. The summed E-state index contributed by atoms with van der Waals surface area (Å²) < 4.78 is 11.4. The zero-order chi connectivity index (χ0) is 23.4. The number of carbonyl (C=O) groups excluding carboxylic acids is 1. The molecule has 4 fully saturated rings. The molecule has 4 saturated heterocycles. The largest absolute Gasteiger partial charge is 0.858 e. The Morgan fingerprint density at radius 1 is 1.26 bits per heavy atom. The summed E-state index contributed by atoms with van der Waals surface area (Å²) in [5, 5.41) is 16.7. The smallest absolute Gasteiger partial charge is 0.307 e. The lowest BCUT2D eigenvalue weighted by atomic mass is 9.83. The van der Waals surface area contributed by atoms with Gasteiger partial charge in [0.15, 0.2) is 11.9 Å². The van der Waals surface area contributed by atoms with Gasteiger partial charge in [-0.2, -0.15) is 11.8 Å². The van der Waals surface area contributed by atoms with E-state index in [2.05, 4.69) is 39.3 Å². The van der Waals surface area contributed by atoms with Crippen LogP contribution in [0.25, 0.3) is 0 Å². The van der Waals surface area contributed by atoms with E-state index in [0.717, 1.165) is 51.3 Å². The number of hydrogen-bond donors (Lipinski definition) is 0. The highest BCUT2D eigenvalue weighted by Crippen LogP contribution is 2.36. The van der Waals surface area contributed by atoms with Crippen molar-refractivity contribution in [3.05, 3.63) is 48.2 Å². The van der Waals surface area contributed by atoms with Crippen molar-refractivity contribution in [3.63, 3.8) is 0 Å². The first-order valence-electron chi connectivity index (χ1n) is 12.2. The molecule has 0 spiro atoms. The Bertz CT molecular complexity index is 976. The number of rotatable bonds is 8. The predicted molar refractivity (Wildman–Crippen MR) is 129 cm³/mol. The number of aromatic nitrogens is 1. The van der Waals surface area contributed by atoms with Crippen molar-refractivity contribution in [2.75, 3.05) is 51.6 Å². The average molecular weight is 485 g/mol. The first-order chi connectivity index (χ1) is 16.6. The van der Waals surface area contributed by atoms with Crippen molar-refractivity contribution in [1.29, 1.82) is 0 Å². The molecule has 182 valence electrons. The molecule has 9 heteroatoms. The van der Waals surface area contributed by atoms with Gasteiger partial charge in [0.05, 0.1) is 19.5 Å². The second-order valence-electron chi connectivity index (χ2n) is 9.68. The summed E-state index contributed by atoms with van der Waals surface area (Å²) in [6.45, 7) is 5.59. The fraction of sp³-hybridized carbons (Fsp3) is 0.560. The molecule has 0 radical (unpaired) electrons. The van der Waals surface area contributed by atoms with E-state index in [4.69, 9.17) is 9.26 Å². The lowest BCUT2D eigenvalue weighted by Gasteiger charge is -2.52. The van der Waals surface area contributed by atoms with E-state index in [1.807, 2.05) is 17.8 Å². The normalized spacial score (nSPS) is 29.8. The van der Waals surface area contributed by atoms with E-state index in [1.165, 1.54) is 11.8 Å². The summed E-state index contributed by atoms with van der Waals surface area (Å²) in [5.41, 5.74) is 1.35. The summed E-state index contributed by atoms with van der Waals surface area (Å²) in [5.74, 6) is 1.47. The highest BCUT2D eigenvalue weighted by atomic mass is 32.2. The SMILES string of the molecule is O=C(CCN1CCSC(c2ccccc2)C1)O[C@@H]1C[N+]2(CC([O-])=Nc3ccon3)CCC1CC2. The van der Waals surface area contributed by atoms with Gasteiger partial charge in [0.25, 0.3) is 0 Å². The van der Waals surface area contributed by atoms with E-state index < -0.39 is 0 Å². The lowest BCUT2D eigenvalue weighted by molar-refractivity contribution is -0.939. The molecule has 1 aromatic heterocycles. The van der Waals surface area contributed by atoms with Crippen molar-refractivity contribution >= 4 is 29.4 Å². The average Bonchev–Trinajstić information content (AvgIpc) is 3.37. The van der Waals surface area contributed by atoms with Crippen molar-refractivity contribution < 1.29 is 23.6 Å². The maximum atomic E-state index is 12.8. The molecule has 2 atom stereocenters. The molecule has 0 N–H and O–H groups in total. The van der Waals surface area contributed by atoms with E-state index in [-0.39, 0.29) is 18.0 Å². The van der Waals surface area contributed by atoms with Crippen LogP contribution in [0.3, 0.4) is 0 Å². The summed E-state index contributed by atoms with van der Waals surface area (Å²) >= 11 is 1.99. The zero-order valence-electron chi connectivity index (χ0n) is 19.4. The number of benzene rings is 1. The number of quaternary nitrogens is 1. The highest BCUT2D eigenvalue weighted by molar-refractivity contribution is 7.99. The van der Waals surface area contributed by atoms with Crippen molar-refractivity contribution in [2.24, 2.45) is 10.9 Å². The molecule has 6 rings (SSSR count). The van der Waals surface area contributed by atoms with Gasteiger partial charge < -0.3 is 23.7 Å². The predicted octanol–water partition coefficient (Wildman–Crippen LogP) is 2.40. The van der Waals surface area contributed by atoms with E-state index >= 15 is 0 Å². The lowest BCUT2D eigenvalue weighted by Crippen LogP contribution is -2.66. The standard InChI is InChI=1S/C25H32N4O4S/c30-24(26-23-9-14-32-27-23)18-29-12-7-19(8-13-29)21(17-29)33-25(31)6-10-28-11-15-34-22(16-28)20-4-2-1-3-5-20/h1-5,9,14,19,21-22H,6-8,10-13,15-18H2/t19?,21-,22?,29?/m1/s1. The second kappa shape index (κ2) is 10.5. The first kappa shape index (κ1) is 23.4. The molecular weight excluding hydrogens is 452 g/mol. The third-order valence-electron chi connectivity index (χ3n) is 7.41. The van der Waals surface area contributed by atoms with Gasteiger partial charge in [-0.3, -0.25) is 4.79 Å². The third kappa shape index (κ3) is 5.64. The van der Waals surface area contributed by atoms with Crippen LogP contribution in [-0.2, 0) is 9.53 Å². The van der Waals surface area contributed by atoms with Gasteiger partial charge >= 0.3 is 5.97 Å². The molecule has 5 heterocycles. The molecule has 2 bridgehead atoms. The maximum Gasteiger partial charge on any atom is 0.307 e. The van der Waals surface area contributed by atoms with Crippen LogP contribution in [0.5, 0.6) is 0 Å². The molecule has 1 aromatic carbocycles. The molecule has 8 nitrogen and oxygen atoms in total. The Balaban J connectivity index is 1.11. The van der Waals surface area contributed by atoms with Crippen LogP contribution >= 0.6 is 11.8 Å². The molecule has 2 aromatic rings. The molecule has 34 heavy (non-hydrogen) atoms. The van der Waals surface area contributed by atoms with Gasteiger partial charge in [-0.05, 0) is 5.56 Å². The Morgan fingerprint density at radius 3 is 2.85 bits per heavy atom. The molecule has 4 aliphatic rings. The number of thioether (sulfide) groups is 1. The summed E-state index contributed by atoms with van der Waals surface area (Å²) in [7, 11) is 0. The van der Waals surface area contributed by atoms with Crippen molar-refractivity contribution in [3.8, 4) is 0 Å². The van der Waals surface area contributed by atoms with Crippen LogP contribution in [-0.4, -0.2) is 84.1 Å². The number of esters is 1. The van der Waals surface area contributed by atoms with E-state index in [1.54, 1.807) is 6.07 Å². The van der Waals surface area contributed by atoms with Crippen LogP contribution in [0.1, 0.15) is 30.1 Å².